The summed E-state index contributed by atoms with van der Waals surface area (Å²) in [6, 6.07) is 5.48. The molecule has 29 heavy (non-hydrogen) atoms. The fourth-order valence-corrected chi connectivity index (χ4v) is 5.49. The normalized spacial score (nSPS) is 16.9. The molecule has 0 bridgehead atoms. The van der Waals surface area contributed by atoms with E-state index in [1.807, 2.05) is 25.1 Å². The number of nitrogens with one attached hydrogen (secondary N) is 1. The van der Waals surface area contributed by atoms with Crippen LogP contribution in [0.1, 0.15) is 25.3 Å². The van der Waals surface area contributed by atoms with E-state index in [9.17, 15) is 4.79 Å². The number of hydrogen-bond acceptors (Lipinski definition) is 7. The lowest BCUT2D eigenvalue weighted by atomic mass is 10.0. The molecule has 1 aromatic carbocycles. The number of amides is 1. The van der Waals surface area contributed by atoms with Crippen LogP contribution in [0.3, 0.4) is 0 Å². The molecular formula is C20H22ClN5OS2. The minimum atomic E-state index is -0.0956. The number of rotatable bonds is 5. The van der Waals surface area contributed by atoms with Crippen LogP contribution in [0.15, 0.2) is 29.6 Å². The fourth-order valence-electron chi connectivity index (χ4n) is 3.39. The first kappa shape index (κ1) is 20.4. The van der Waals surface area contributed by atoms with Gasteiger partial charge in [-0.2, -0.15) is 4.98 Å². The van der Waals surface area contributed by atoms with Crippen molar-refractivity contribution in [1.82, 2.24) is 15.0 Å². The van der Waals surface area contributed by atoms with Crippen molar-refractivity contribution >= 4 is 61.8 Å². The van der Waals surface area contributed by atoms with E-state index in [1.54, 1.807) is 11.3 Å². The number of halogens is 1. The number of thiazole rings is 1. The molecule has 0 saturated carbocycles. The van der Waals surface area contributed by atoms with E-state index in [0.717, 1.165) is 39.2 Å². The Morgan fingerprint density at radius 1 is 1.41 bits per heavy atom. The zero-order valence-corrected chi connectivity index (χ0v) is 18.7. The molecule has 1 N–H and O–H groups in total. The van der Waals surface area contributed by atoms with Crippen LogP contribution in [0, 0.1) is 12.8 Å². The highest BCUT2D eigenvalue weighted by atomic mass is 35.5. The maximum Gasteiger partial charge on any atom is 0.234 e. The second-order valence-corrected chi connectivity index (χ2v) is 9.62. The largest absolute Gasteiger partial charge is 0.348 e. The number of aromatic nitrogens is 3. The van der Waals surface area contributed by atoms with Crippen molar-refractivity contribution in [3.8, 4) is 0 Å². The Labute approximate surface area is 183 Å². The third kappa shape index (κ3) is 4.65. The van der Waals surface area contributed by atoms with Crippen molar-refractivity contribution in [2.75, 3.05) is 29.1 Å². The van der Waals surface area contributed by atoms with Crippen LogP contribution in [-0.2, 0) is 4.79 Å². The van der Waals surface area contributed by atoms with Gasteiger partial charge in [0.15, 0.2) is 10.8 Å². The predicted molar refractivity (Wildman–Crippen MR) is 121 cm³/mol. The van der Waals surface area contributed by atoms with Gasteiger partial charge < -0.3 is 10.2 Å². The molecule has 4 rings (SSSR count). The minimum absolute atomic E-state index is 0.0956. The van der Waals surface area contributed by atoms with Gasteiger partial charge in [-0.05, 0) is 43.4 Å². The molecule has 9 heteroatoms. The SMILES string of the molecule is Cc1c(Cl)cccc1NC(=O)CSc1ncnc2nc(N3CCC[C@@H](C)C3)sc12. The molecule has 3 heterocycles. The van der Waals surface area contributed by atoms with Crippen LogP contribution in [0.5, 0.6) is 0 Å². The molecule has 0 aliphatic carbocycles. The van der Waals surface area contributed by atoms with E-state index in [1.165, 1.54) is 30.9 Å². The first-order valence-electron chi connectivity index (χ1n) is 9.55. The number of carbonyl (C=O) groups excluding carboxylic acids is 1. The van der Waals surface area contributed by atoms with Gasteiger partial charge in [0.25, 0.3) is 0 Å². The Balaban J connectivity index is 1.46. The summed E-state index contributed by atoms with van der Waals surface area (Å²) in [4.78, 5) is 28.2. The van der Waals surface area contributed by atoms with Crippen molar-refractivity contribution in [3.05, 3.63) is 35.1 Å². The van der Waals surface area contributed by atoms with Gasteiger partial charge in [-0.3, -0.25) is 4.79 Å². The molecule has 3 aromatic rings. The van der Waals surface area contributed by atoms with Crippen LogP contribution in [0.2, 0.25) is 5.02 Å². The highest BCUT2D eigenvalue weighted by molar-refractivity contribution is 8.00. The lowest BCUT2D eigenvalue weighted by Gasteiger charge is -2.30. The molecule has 1 fully saturated rings. The van der Waals surface area contributed by atoms with Crippen LogP contribution in [0.25, 0.3) is 10.3 Å². The molecule has 1 aliphatic heterocycles. The second-order valence-electron chi connectivity index (χ2n) is 7.27. The number of nitrogens with zero attached hydrogens (tertiary/aromatic N) is 4. The summed E-state index contributed by atoms with van der Waals surface area (Å²) in [5.74, 6) is 0.836. The van der Waals surface area contributed by atoms with E-state index in [2.05, 4.69) is 27.1 Å². The van der Waals surface area contributed by atoms with Crippen LogP contribution >= 0.6 is 34.7 Å². The Bertz CT molecular complexity index is 1040. The quantitative estimate of drug-likeness (QED) is 0.437. The first-order valence-corrected chi connectivity index (χ1v) is 11.7. The first-order chi connectivity index (χ1) is 14.0. The number of hydrogen-bond donors (Lipinski definition) is 1. The van der Waals surface area contributed by atoms with Gasteiger partial charge in [-0.15, -0.1) is 0 Å². The maximum absolute atomic E-state index is 12.4. The summed E-state index contributed by atoms with van der Waals surface area (Å²) in [6.45, 7) is 6.22. The number of thioether (sulfide) groups is 1. The van der Waals surface area contributed by atoms with Crippen molar-refractivity contribution in [2.45, 2.75) is 31.7 Å². The summed E-state index contributed by atoms with van der Waals surface area (Å²) >= 11 is 9.14. The van der Waals surface area contributed by atoms with Gasteiger partial charge in [0.05, 0.1) is 5.75 Å². The van der Waals surface area contributed by atoms with Crippen molar-refractivity contribution in [3.63, 3.8) is 0 Å². The summed E-state index contributed by atoms with van der Waals surface area (Å²) in [6.07, 6.45) is 3.98. The zero-order valence-electron chi connectivity index (χ0n) is 16.3. The zero-order chi connectivity index (χ0) is 20.4. The highest BCUT2D eigenvalue weighted by Crippen LogP contribution is 2.35. The number of anilines is 2. The summed E-state index contributed by atoms with van der Waals surface area (Å²) in [7, 11) is 0. The molecule has 1 amide bonds. The minimum Gasteiger partial charge on any atom is -0.348 e. The molecule has 1 saturated heterocycles. The Kier molecular flexibility index (Phi) is 6.22. The van der Waals surface area contributed by atoms with E-state index < -0.39 is 0 Å². The monoisotopic (exact) mass is 447 g/mol. The van der Waals surface area contributed by atoms with Gasteiger partial charge in [0.1, 0.15) is 16.1 Å². The van der Waals surface area contributed by atoms with Crippen LogP contribution in [-0.4, -0.2) is 39.7 Å². The predicted octanol–water partition coefficient (Wildman–Crippen LogP) is 5.02. The fraction of sp³-hybridized carbons (Fsp3) is 0.400. The van der Waals surface area contributed by atoms with E-state index in [4.69, 9.17) is 16.6 Å². The van der Waals surface area contributed by atoms with Gasteiger partial charge in [-0.1, -0.05) is 47.7 Å². The molecule has 2 aromatic heterocycles. The van der Waals surface area contributed by atoms with Gasteiger partial charge in [0, 0.05) is 23.8 Å². The van der Waals surface area contributed by atoms with Crippen molar-refractivity contribution in [1.29, 1.82) is 0 Å². The lowest BCUT2D eigenvalue weighted by Crippen LogP contribution is -2.34. The highest BCUT2D eigenvalue weighted by Gasteiger charge is 2.21. The Morgan fingerprint density at radius 2 is 2.28 bits per heavy atom. The van der Waals surface area contributed by atoms with E-state index in [0.29, 0.717) is 16.6 Å². The standard InChI is InChI=1S/C20H22ClN5OS2/c1-12-5-4-8-26(9-12)20-25-18-17(29-20)19(23-11-22-18)28-10-16(27)24-15-7-3-6-14(21)13(15)2/h3,6-7,11-12H,4-5,8-10H2,1-2H3,(H,24,27)/t12-/m1/s1. The van der Waals surface area contributed by atoms with Crippen molar-refractivity contribution in [2.24, 2.45) is 5.92 Å². The molecule has 152 valence electrons. The average Bonchev–Trinajstić information content (AvgIpc) is 3.15. The maximum atomic E-state index is 12.4. The molecule has 1 atom stereocenters. The molecule has 6 nitrogen and oxygen atoms in total. The summed E-state index contributed by atoms with van der Waals surface area (Å²) < 4.78 is 0.942. The van der Waals surface area contributed by atoms with Crippen LogP contribution < -0.4 is 10.2 Å². The molecule has 0 spiro atoms. The molecule has 1 aliphatic rings. The van der Waals surface area contributed by atoms with E-state index >= 15 is 0 Å². The molecule has 0 unspecified atom stereocenters. The Hall–Kier alpha value is -1.90. The molecule has 0 radical (unpaired) electrons. The Morgan fingerprint density at radius 3 is 3.10 bits per heavy atom. The smallest absolute Gasteiger partial charge is 0.234 e. The van der Waals surface area contributed by atoms with Gasteiger partial charge in [-0.25, -0.2) is 9.97 Å². The number of benzene rings is 1. The average molecular weight is 448 g/mol. The number of fused-ring (bicyclic) bond motifs is 1. The second kappa shape index (κ2) is 8.85. The summed E-state index contributed by atoms with van der Waals surface area (Å²) in [5.41, 5.74) is 2.29. The van der Waals surface area contributed by atoms with Crippen LogP contribution in [0.4, 0.5) is 10.8 Å². The van der Waals surface area contributed by atoms with Gasteiger partial charge >= 0.3 is 0 Å². The summed E-state index contributed by atoms with van der Waals surface area (Å²) in [5, 5.41) is 5.35. The third-order valence-electron chi connectivity index (χ3n) is 4.96. The van der Waals surface area contributed by atoms with Crippen molar-refractivity contribution < 1.29 is 4.79 Å². The lowest BCUT2D eigenvalue weighted by molar-refractivity contribution is -0.113. The number of carbonyl (C=O) groups is 1. The molecular weight excluding hydrogens is 426 g/mol. The topological polar surface area (TPSA) is 71.0 Å². The van der Waals surface area contributed by atoms with Gasteiger partial charge in [0.2, 0.25) is 5.91 Å². The number of piperidine rings is 1. The third-order valence-corrected chi connectivity index (χ3v) is 7.60. The van der Waals surface area contributed by atoms with E-state index in [-0.39, 0.29) is 11.7 Å².